The summed E-state index contributed by atoms with van der Waals surface area (Å²) in [5.74, 6) is -0.885. The number of rotatable bonds is 6. The van der Waals surface area contributed by atoms with Gasteiger partial charge in [0.25, 0.3) is 0 Å². The van der Waals surface area contributed by atoms with Gasteiger partial charge in [0.2, 0.25) is 5.91 Å². The van der Waals surface area contributed by atoms with Crippen LogP contribution in [0.4, 0.5) is 11.4 Å². The van der Waals surface area contributed by atoms with Crippen molar-refractivity contribution < 1.29 is 14.3 Å². The molecule has 0 fully saturated rings. The van der Waals surface area contributed by atoms with Crippen molar-refractivity contribution in [2.45, 2.75) is 20.8 Å². The van der Waals surface area contributed by atoms with Crippen LogP contribution >= 0.6 is 0 Å². The van der Waals surface area contributed by atoms with E-state index < -0.39 is 5.97 Å². The Bertz CT molecular complexity index is 615. The fraction of sp³-hybridized carbons (Fsp3) is 0.312. The van der Waals surface area contributed by atoms with Gasteiger partial charge in [-0.1, -0.05) is 19.9 Å². The molecule has 0 atom stereocenters. The summed E-state index contributed by atoms with van der Waals surface area (Å²) in [5, 5.41) is 14.5. The van der Waals surface area contributed by atoms with E-state index in [0.717, 1.165) is 0 Å². The van der Waals surface area contributed by atoms with Crippen LogP contribution in [-0.2, 0) is 14.3 Å². The lowest BCUT2D eigenvalue weighted by Crippen LogP contribution is -2.17. The molecule has 0 saturated heterocycles. The minimum Gasteiger partial charge on any atom is -0.462 e. The average Bonchev–Trinajstić information content (AvgIpc) is 2.48. The van der Waals surface area contributed by atoms with Gasteiger partial charge < -0.3 is 15.4 Å². The van der Waals surface area contributed by atoms with Crippen molar-refractivity contribution in [3.8, 4) is 6.07 Å². The third kappa shape index (κ3) is 5.29. The van der Waals surface area contributed by atoms with Gasteiger partial charge in [0.15, 0.2) is 5.57 Å². The molecular formula is C16H19N3O3. The number of ether oxygens (including phenoxy) is 1. The summed E-state index contributed by atoms with van der Waals surface area (Å²) in [4.78, 5) is 23.1. The lowest BCUT2D eigenvalue weighted by atomic mass is 10.2. The Morgan fingerprint density at radius 1 is 1.36 bits per heavy atom. The Hall–Kier alpha value is -2.81. The maximum atomic E-state index is 11.6. The van der Waals surface area contributed by atoms with Crippen LogP contribution in [-0.4, -0.2) is 18.5 Å². The number of esters is 1. The molecule has 0 aliphatic carbocycles. The molecule has 1 aromatic carbocycles. The van der Waals surface area contributed by atoms with Gasteiger partial charge in [-0.05, 0) is 25.1 Å². The number of benzene rings is 1. The second-order valence-electron chi connectivity index (χ2n) is 4.76. The Morgan fingerprint density at radius 3 is 2.64 bits per heavy atom. The highest BCUT2D eigenvalue weighted by Gasteiger charge is 2.10. The molecule has 0 saturated carbocycles. The molecule has 2 N–H and O–H groups in total. The van der Waals surface area contributed by atoms with Crippen molar-refractivity contribution in [1.82, 2.24) is 0 Å². The first-order valence-corrected chi connectivity index (χ1v) is 6.92. The molecule has 0 aromatic heterocycles. The van der Waals surface area contributed by atoms with E-state index in [-0.39, 0.29) is 24.0 Å². The highest BCUT2D eigenvalue weighted by molar-refractivity contribution is 5.93. The maximum absolute atomic E-state index is 11.6. The Labute approximate surface area is 129 Å². The SMILES string of the molecule is CCOC(=O)/C(C#N)=C\Nc1cccc(NC(=O)C(C)C)c1. The van der Waals surface area contributed by atoms with Gasteiger partial charge in [-0.25, -0.2) is 4.79 Å². The summed E-state index contributed by atoms with van der Waals surface area (Å²) < 4.78 is 4.76. The van der Waals surface area contributed by atoms with E-state index in [2.05, 4.69) is 10.6 Å². The monoisotopic (exact) mass is 301 g/mol. The van der Waals surface area contributed by atoms with Gasteiger partial charge in [0, 0.05) is 23.5 Å². The van der Waals surface area contributed by atoms with Crippen LogP contribution in [0.25, 0.3) is 0 Å². The number of nitrogens with zero attached hydrogens (tertiary/aromatic N) is 1. The standard InChI is InChI=1S/C16H19N3O3/c1-4-22-16(21)12(9-17)10-18-13-6-5-7-14(8-13)19-15(20)11(2)3/h5-8,10-11,18H,4H2,1-3H3,(H,19,20)/b12-10-. The summed E-state index contributed by atoms with van der Waals surface area (Å²) in [6.45, 7) is 5.48. The smallest absolute Gasteiger partial charge is 0.350 e. The number of anilines is 2. The van der Waals surface area contributed by atoms with Gasteiger partial charge >= 0.3 is 5.97 Å². The molecule has 1 amide bonds. The van der Waals surface area contributed by atoms with Crippen molar-refractivity contribution in [3.63, 3.8) is 0 Å². The molecule has 116 valence electrons. The first kappa shape index (κ1) is 17.2. The number of nitrogens with one attached hydrogen (secondary N) is 2. The van der Waals surface area contributed by atoms with E-state index >= 15 is 0 Å². The fourth-order valence-corrected chi connectivity index (χ4v) is 1.47. The third-order valence-electron chi connectivity index (χ3n) is 2.65. The quantitative estimate of drug-likeness (QED) is 0.479. The molecule has 0 aliphatic heterocycles. The minimum absolute atomic E-state index is 0.0862. The Balaban J connectivity index is 2.80. The molecule has 6 heteroatoms. The van der Waals surface area contributed by atoms with Gasteiger partial charge in [0.1, 0.15) is 6.07 Å². The van der Waals surface area contributed by atoms with Gasteiger partial charge in [-0.3, -0.25) is 4.79 Å². The van der Waals surface area contributed by atoms with Crippen LogP contribution in [0.5, 0.6) is 0 Å². The normalized spacial score (nSPS) is 10.8. The Morgan fingerprint density at radius 2 is 2.05 bits per heavy atom. The summed E-state index contributed by atoms with van der Waals surface area (Å²) in [6, 6.07) is 8.74. The molecule has 0 heterocycles. The Kier molecular flexibility index (Phi) is 6.64. The summed E-state index contributed by atoms with van der Waals surface area (Å²) in [7, 11) is 0. The van der Waals surface area contributed by atoms with E-state index in [9.17, 15) is 9.59 Å². The molecule has 1 rings (SSSR count). The minimum atomic E-state index is -0.679. The molecule has 0 spiro atoms. The number of carbonyl (C=O) groups is 2. The predicted molar refractivity (Wildman–Crippen MR) is 83.9 cm³/mol. The lowest BCUT2D eigenvalue weighted by molar-refractivity contribution is -0.138. The van der Waals surface area contributed by atoms with E-state index in [1.807, 2.05) is 0 Å². The van der Waals surface area contributed by atoms with Crippen molar-refractivity contribution in [2.75, 3.05) is 17.2 Å². The molecular weight excluding hydrogens is 282 g/mol. The maximum Gasteiger partial charge on any atom is 0.350 e. The zero-order valence-electron chi connectivity index (χ0n) is 12.8. The molecule has 1 aromatic rings. The molecule has 0 unspecified atom stereocenters. The molecule has 6 nitrogen and oxygen atoms in total. The van der Waals surface area contributed by atoms with Crippen LogP contribution in [0.1, 0.15) is 20.8 Å². The average molecular weight is 301 g/mol. The fourth-order valence-electron chi connectivity index (χ4n) is 1.47. The topological polar surface area (TPSA) is 91.2 Å². The van der Waals surface area contributed by atoms with Crippen LogP contribution in [0.15, 0.2) is 36.0 Å². The molecule has 22 heavy (non-hydrogen) atoms. The van der Waals surface area contributed by atoms with E-state index in [4.69, 9.17) is 10.00 Å². The summed E-state index contributed by atoms with van der Waals surface area (Å²) in [6.07, 6.45) is 1.28. The second-order valence-corrected chi connectivity index (χ2v) is 4.76. The van der Waals surface area contributed by atoms with Gasteiger partial charge in [0.05, 0.1) is 6.61 Å². The van der Waals surface area contributed by atoms with Gasteiger partial charge in [-0.15, -0.1) is 0 Å². The lowest BCUT2D eigenvalue weighted by Gasteiger charge is -2.09. The second kappa shape index (κ2) is 8.47. The van der Waals surface area contributed by atoms with E-state index in [1.165, 1.54) is 6.20 Å². The first-order valence-electron chi connectivity index (χ1n) is 6.92. The highest BCUT2D eigenvalue weighted by Crippen LogP contribution is 2.16. The number of nitriles is 1. The number of amides is 1. The molecule has 0 aliphatic rings. The van der Waals surface area contributed by atoms with E-state index in [1.54, 1.807) is 51.1 Å². The zero-order chi connectivity index (χ0) is 16.5. The summed E-state index contributed by atoms with van der Waals surface area (Å²) >= 11 is 0. The molecule has 0 radical (unpaired) electrons. The van der Waals surface area contributed by atoms with E-state index in [0.29, 0.717) is 11.4 Å². The van der Waals surface area contributed by atoms with Crippen molar-refractivity contribution in [3.05, 3.63) is 36.0 Å². The highest BCUT2D eigenvalue weighted by atomic mass is 16.5. The van der Waals surface area contributed by atoms with Crippen molar-refractivity contribution >= 4 is 23.3 Å². The largest absolute Gasteiger partial charge is 0.462 e. The first-order chi connectivity index (χ1) is 10.5. The van der Waals surface area contributed by atoms with Crippen LogP contribution < -0.4 is 10.6 Å². The van der Waals surface area contributed by atoms with Crippen molar-refractivity contribution in [1.29, 1.82) is 5.26 Å². The molecule has 0 bridgehead atoms. The number of hydrogen-bond acceptors (Lipinski definition) is 5. The third-order valence-corrected chi connectivity index (χ3v) is 2.65. The van der Waals surface area contributed by atoms with Crippen LogP contribution in [0.3, 0.4) is 0 Å². The number of hydrogen-bond donors (Lipinski definition) is 2. The van der Waals surface area contributed by atoms with Gasteiger partial charge in [-0.2, -0.15) is 5.26 Å². The van der Waals surface area contributed by atoms with Crippen LogP contribution in [0.2, 0.25) is 0 Å². The van der Waals surface area contributed by atoms with Crippen LogP contribution in [0, 0.1) is 17.2 Å². The number of carbonyl (C=O) groups excluding carboxylic acids is 2. The van der Waals surface area contributed by atoms with Crippen molar-refractivity contribution in [2.24, 2.45) is 5.92 Å². The zero-order valence-corrected chi connectivity index (χ0v) is 12.8. The summed E-state index contributed by atoms with van der Waals surface area (Å²) in [5.41, 5.74) is 1.14. The predicted octanol–water partition coefficient (Wildman–Crippen LogP) is 2.66.